The Morgan fingerprint density at radius 3 is 2.69 bits per heavy atom. The van der Waals surface area contributed by atoms with E-state index in [9.17, 15) is 0 Å². The van der Waals surface area contributed by atoms with Crippen LogP contribution >= 0.6 is 15.9 Å². The third-order valence-corrected chi connectivity index (χ3v) is 3.29. The van der Waals surface area contributed by atoms with Crippen molar-refractivity contribution in [2.24, 2.45) is 0 Å². The van der Waals surface area contributed by atoms with Crippen LogP contribution in [0.2, 0.25) is 0 Å². The van der Waals surface area contributed by atoms with E-state index in [-0.39, 0.29) is 0 Å². The van der Waals surface area contributed by atoms with Gasteiger partial charge in [0.25, 0.3) is 0 Å². The van der Waals surface area contributed by atoms with Gasteiger partial charge in [-0.2, -0.15) is 0 Å². The number of pyridine rings is 1. The molecule has 0 aromatic carbocycles. The summed E-state index contributed by atoms with van der Waals surface area (Å²) in [5.41, 5.74) is 1.04. The number of nitrogens with one attached hydrogen (secondary N) is 1. The fraction of sp³-hybridized carbons (Fsp3) is 0.583. The van der Waals surface area contributed by atoms with Crippen LogP contribution in [-0.2, 0) is 0 Å². The molecule has 1 heterocycles. The second-order valence-corrected chi connectivity index (χ2v) is 4.68. The highest BCUT2D eigenvalue weighted by molar-refractivity contribution is 9.10. The van der Waals surface area contributed by atoms with Gasteiger partial charge < -0.3 is 10.2 Å². The summed E-state index contributed by atoms with van der Waals surface area (Å²) in [6, 6.07) is 4.14. The van der Waals surface area contributed by atoms with Crippen molar-refractivity contribution in [2.45, 2.75) is 20.3 Å². The van der Waals surface area contributed by atoms with Gasteiger partial charge in [0.05, 0.1) is 5.69 Å². The van der Waals surface area contributed by atoms with Gasteiger partial charge in [-0.3, -0.25) is 0 Å². The maximum Gasteiger partial charge on any atom is 0.128 e. The van der Waals surface area contributed by atoms with Crippen LogP contribution in [0.1, 0.15) is 19.0 Å². The Balaban J connectivity index is 2.78. The van der Waals surface area contributed by atoms with E-state index in [0.717, 1.165) is 42.0 Å². The Bertz CT molecular complexity index is 328. The first kappa shape index (κ1) is 13.5. The predicted molar refractivity (Wildman–Crippen MR) is 73.1 cm³/mol. The Hall–Kier alpha value is -0.610. The van der Waals surface area contributed by atoms with Gasteiger partial charge in [0.15, 0.2) is 0 Å². The second kappa shape index (κ2) is 6.86. The molecular weight excluding hydrogens is 266 g/mol. The first-order valence-electron chi connectivity index (χ1n) is 5.71. The highest BCUT2D eigenvalue weighted by Crippen LogP contribution is 2.19. The molecule has 1 rings (SSSR count). The van der Waals surface area contributed by atoms with Crippen LogP contribution in [0.5, 0.6) is 0 Å². The smallest absolute Gasteiger partial charge is 0.128 e. The molecule has 0 atom stereocenters. The van der Waals surface area contributed by atoms with E-state index in [1.165, 1.54) is 0 Å². The Morgan fingerprint density at radius 2 is 2.12 bits per heavy atom. The van der Waals surface area contributed by atoms with E-state index >= 15 is 0 Å². The van der Waals surface area contributed by atoms with Gasteiger partial charge in [0.2, 0.25) is 0 Å². The lowest BCUT2D eigenvalue weighted by Crippen LogP contribution is -2.32. The van der Waals surface area contributed by atoms with Gasteiger partial charge in [-0.25, -0.2) is 4.98 Å². The lowest BCUT2D eigenvalue weighted by Gasteiger charge is -2.23. The number of nitrogens with zero attached hydrogens (tertiary/aromatic N) is 2. The van der Waals surface area contributed by atoms with E-state index in [0.29, 0.717) is 0 Å². The lowest BCUT2D eigenvalue weighted by molar-refractivity contribution is 0.701. The molecule has 1 aromatic heterocycles. The summed E-state index contributed by atoms with van der Waals surface area (Å²) in [6.07, 6.45) is 1.14. The minimum absolute atomic E-state index is 0.983. The minimum atomic E-state index is 0.983. The zero-order valence-corrected chi connectivity index (χ0v) is 11.8. The molecule has 0 saturated carbocycles. The van der Waals surface area contributed by atoms with Crippen molar-refractivity contribution < 1.29 is 0 Å². The number of aromatic nitrogens is 1. The number of hydrogen-bond acceptors (Lipinski definition) is 3. The van der Waals surface area contributed by atoms with E-state index in [1.807, 2.05) is 14.0 Å². The molecule has 3 nitrogen and oxygen atoms in total. The van der Waals surface area contributed by atoms with Crippen molar-refractivity contribution >= 4 is 21.7 Å². The minimum Gasteiger partial charge on any atom is -0.355 e. The molecule has 0 aliphatic rings. The van der Waals surface area contributed by atoms with Crippen molar-refractivity contribution in [1.82, 2.24) is 10.3 Å². The van der Waals surface area contributed by atoms with Crippen LogP contribution < -0.4 is 10.2 Å². The van der Waals surface area contributed by atoms with Gasteiger partial charge in [-0.15, -0.1) is 0 Å². The molecule has 0 amide bonds. The number of hydrogen-bond donors (Lipinski definition) is 1. The molecule has 0 aliphatic heterocycles. The Kier molecular flexibility index (Phi) is 5.77. The summed E-state index contributed by atoms with van der Waals surface area (Å²) < 4.78 is 1.07. The molecule has 0 radical (unpaired) electrons. The molecule has 0 spiro atoms. The SMILES string of the molecule is CCCN(CCNC)c1ccc(Br)c(C)n1. The summed E-state index contributed by atoms with van der Waals surface area (Å²) in [6.45, 7) is 7.25. The summed E-state index contributed by atoms with van der Waals surface area (Å²) in [7, 11) is 1.98. The molecular formula is C12H20BrN3. The predicted octanol–water partition coefficient (Wildman–Crippen LogP) is 2.59. The molecule has 0 fully saturated rings. The molecule has 1 N–H and O–H groups in total. The zero-order chi connectivity index (χ0) is 12.0. The van der Waals surface area contributed by atoms with Gasteiger partial charge in [0.1, 0.15) is 5.82 Å². The van der Waals surface area contributed by atoms with Crippen LogP contribution in [-0.4, -0.2) is 31.7 Å². The van der Waals surface area contributed by atoms with Gasteiger partial charge in [0, 0.05) is 24.1 Å². The topological polar surface area (TPSA) is 28.2 Å². The highest BCUT2D eigenvalue weighted by atomic mass is 79.9. The van der Waals surface area contributed by atoms with Gasteiger partial charge in [-0.05, 0) is 48.5 Å². The average Bonchev–Trinajstić information content (AvgIpc) is 2.28. The van der Waals surface area contributed by atoms with E-state index in [2.05, 4.69) is 50.2 Å². The quantitative estimate of drug-likeness (QED) is 0.871. The fourth-order valence-electron chi connectivity index (χ4n) is 1.56. The first-order chi connectivity index (χ1) is 7.69. The van der Waals surface area contributed by atoms with Gasteiger partial charge in [-0.1, -0.05) is 6.92 Å². The van der Waals surface area contributed by atoms with Crippen molar-refractivity contribution in [2.75, 3.05) is 31.6 Å². The summed E-state index contributed by atoms with van der Waals surface area (Å²) in [5, 5.41) is 3.17. The standard InChI is InChI=1S/C12H20BrN3/c1-4-8-16(9-7-14-3)12-6-5-11(13)10(2)15-12/h5-6,14H,4,7-9H2,1-3H3. The van der Waals surface area contributed by atoms with E-state index in [4.69, 9.17) is 0 Å². The van der Waals surface area contributed by atoms with Crippen molar-refractivity contribution in [3.8, 4) is 0 Å². The Labute approximate surface area is 106 Å². The molecule has 0 saturated heterocycles. The normalized spacial score (nSPS) is 10.5. The summed E-state index contributed by atoms with van der Waals surface area (Å²) in [4.78, 5) is 6.91. The first-order valence-corrected chi connectivity index (χ1v) is 6.51. The van der Waals surface area contributed by atoms with Crippen LogP contribution in [0.4, 0.5) is 5.82 Å². The third-order valence-electron chi connectivity index (χ3n) is 2.46. The number of anilines is 1. The Morgan fingerprint density at radius 1 is 1.38 bits per heavy atom. The molecule has 0 bridgehead atoms. The van der Waals surface area contributed by atoms with Crippen LogP contribution in [0.3, 0.4) is 0 Å². The molecule has 4 heteroatoms. The van der Waals surface area contributed by atoms with Crippen LogP contribution in [0.15, 0.2) is 16.6 Å². The molecule has 90 valence electrons. The number of likely N-dealkylation sites (N-methyl/N-ethyl adjacent to an activating group) is 1. The van der Waals surface area contributed by atoms with E-state index in [1.54, 1.807) is 0 Å². The highest BCUT2D eigenvalue weighted by Gasteiger charge is 2.07. The van der Waals surface area contributed by atoms with Crippen molar-refractivity contribution in [1.29, 1.82) is 0 Å². The largest absolute Gasteiger partial charge is 0.355 e. The number of rotatable bonds is 6. The second-order valence-electron chi connectivity index (χ2n) is 3.83. The monoisotopic (exact) mass is 285 g/mol. The van der Waals surface area contributed by atoms with Crippen molar-refractivity contribution in [3.05, 3.63) is 22.3 Å². The fourth-order valence-corrected chi connectivity index (χ4v) is 1.79. The number of halogens is 1. The zero-order valence-electron chi connectivity index (χ0n) is 10.3. The molecule has 16 heavy (non-hydrogen) atoms. The molecule has 0 aliphatic carbocycles. The third kappa shape index (κ3) is 3.76. The maximum atomic E-state index is 4.60. The van der Waals surface area contributed by atoms with Crippen LogP contribution in [0.25, 0.3) is 0 Å². The lowest BCUT2D eigenvalue weighted by atomic mass is 10.3. The summed E-state index contributed by atoms with van der Waals surface area (Å²) in [5.74, 6) is 1.07. The molecule has 1 aromatic rings. The molecule has 0 unspecified atom stereocenters. The summed E-state index contributed by atoms with van der Waals surface area (Å²) >= 11 is 3.48. The van der Waals surface area contributed by atoms with E-state index < -0.39 is 0 Å². The maximum absolute atomic E-state index is 4.60. The average molecular weight is 286 g/mol. The number of aryl methyl sites for hydroxylation is 1. The van der Waals surface area contributed by atoms with Gasteiger partial charge >= 0.3 is 0 Å². The van der Waals surface area contributed by atoms with Crippen LogP contribution in [0, 0.1) is 6.92 Å². The van der Waals surface area contributed by atoms with Crippen molar-refractivity contribution in [3.63, 3.8) is 0 Å².